The third-order valence-electron chi connectivity index (χ3n) is 7.03. The van der Waals surface area contributed by atoms with Crippen molar-refractivity contribution in [2.75, 3.05) is 11.9 Å². The number of carbonyl (C=O) groups is 1. The molecule has 3 aromatic carbocycles. The van der Waals surface area contributed by atoms with Crippen molar-refractivity contribution in [1.82, 2.24) is 4.90 Å². The van der Waals surface area contributed by atoms with E-state index in [2.05, 4.69) is 11.4 Å². The predicted molar refractivity (Wildman–Crippen MR) is 147 cm³/mol. The Morgan fingerprint density at radius 1 is 1.10 bits per heavy atom. The molecule has 0 aliphatic carbocycles. The normalized spacial score (nSPS) is 20.8. The molecule has 3 aromatic rings. The van der Waals surface area contributed by atoms with E-state index in [0.29, 0.717) is 17.7 Å². The molecule has 5 nitrogen and oxygen atoms in total. The fraction of sp³-hybridized carbons (Fsp3) is 0.300. The van der Waals surface area contributed by atoms with E-state index < -0.39 is 35.0 Å². The van der Waals surface area contributed by atoms with Gasteiger partial charge in [-0.15, -0.1) is 0 Å². The molecule has 4 rings (SSSR count). The Morgan fingerprint density at radius 3 is 2.38 bits per heavy atom. The third-order valence-corrected chi connectivity index (χ3v) is 7.55. The Labute approximate surface area is 236 Å². The topological polar surface area (TPSA) is 79.9 Å². The molecule has 1 saturated heterocycles. The van der Waals surface area contributed by atoms with Crippen LogP contribution in [0.1, 0.15) is 49.9 Å². The van der Waals surface area contributed by atoms with Crippen molar-refractivity contribution in [3.05, 3.63) is 99.0 Å². The molecule has 39 heavy (non-hydrogen) atoms. The first kappa shape index (κ1) is 28.4. The highest BCUT2D eigenvalue weighted by molar-refractivity contribution is 6.31. The molecular weight excluding hydrogens is 541 g/mol. The van der Waals surface area contributed by atoms with Crippen molar-refractivity contribution in [3.63, 3.8) is 0 Å². The van der Waals surface area contributed by atoms with E-state index in [4.69, 9.17) is 28.5 Å². The Balaban J connectivity index is 1.94. The monoisotopic (exact) mass is 566 g/mol. The van der Waals surface area contributed by atoms with E-state index >= 15 is 8.78 Å². The summed E-state index contributed by atoms with van der Waals surface area (Å²) >= 11 is 12.2. The predicted octanol–water partition coefficient (Wildman–Crippen LogP) is 8.25. The summed E-state index contributed by atoms with van der Waals surface area (Å²) in [7, 11) is 0. The maximum Gasteiger partial charge on any atom is 0.322 e. The Morgan fingerprint density at radius 2 is 1.79 bits per heavy atom. The van der Waals surface area contributed by atoms with Crippen molar-refractivity contribution in [2.45, 2.75) is 38.6 Å². The lowest BCUT2D eigenvalue weighted by Gasteiger charge is -2.38. The number of nitrogens with one attached hydrogen (secondary N) is 1. The molecule has 9 heteroatoms. The van der Waals surface area contributed by atoms with E-state index in [0.717, 1.165) is 6.07 Å². The van der Waals surface area contributed by atoms with Gasteiger partial charge in [0.1, 0.15) is 17.0 Å². The van der Waals surface area contributed by atoms with E-state index in [-0.39, 0.29) is 33.1 Å². The minimum absolute atomic E-state index is 0.00443. The van der Waals surface area contributed by atoms with Crippen molar-refractivity contribution in [1.29, 1.82) is 10.5 Å². The molecule has 200 valence electrons. The molecule has 1 heterocycles. The first-order valence-electron chi connectivity index (χ1n) is 12.3. The van der Waals surface area contributed by atoms with Crippen LogP contribution >= 0.6 is 23.2 Å². The second kappa shape index (κ2) is 10.8. The Bertz CT molecular complexity index is 1490. The zero-order valence-corrected chi connectivity index (χ0v) is 23.1. The summed E-state index contributed by atoms with van der Waals surface area (Å²) in [5, 5.41) is 22.7. The summed E-state index contributed by atoms with van der Waals surface area (Å²) in [4.78, 5) is 15.2. The van der Waals surface area contributed by atoms with Gasteiger partial charge in [0.2, 0.25) is 0 Å². The van der Waals surface area contributed by atoms with Crippen molar-refractivity contribution in [3.8, 4) is 12.1 Å². The van der Waals surface area contributed by atoms with E-state index in [1.54, 1.807) is 24.3 Å². The molecule has 0 unspecified atom stereocenters. The average molecular weight is 567 g/mol. The van der Waals surface area contributed by atoms with Crippen LogP contribution in [-0.2, 0) is 5.41 Å². The van der Waals surface area contributed by atoms with Crippen LogP contribution in [0.15, 0.2) is 60.7 Å². The van der Waals surface area contributed by atoms with Crippen LogP contribution in [0.4, 0.5) is 19.3 Å². The lowest BCUT2D eigenvalue weighted by Crippen LogP contribution is -2.42. The van der Waals surface area contributed by atoms with Crippen LogP contribution in [-0.4, -0.2) is 17.5 Å². The maximum absolute atomic E-state index is 15.7. The molecular formula is C30H26Cl2F2N4O. The largest absolute Gasteiger partial charge is 0.322 e. The fourth-order valence-corrected chi connectivity index (χ4v) is 5.83. The van der Waals surface area contributed by atoms with Gasteiger partial charge in [0.15, 0.2) is 0 Å². The molecule has 1 aliphatic rings. The number of urea groups is 1. The second-order valence-corrected chi connectivity index (χ2v) is 11.7. The van der Waals surface area contributed by atoms with Crippen LogP contribution in [0.3, 0.4) is 0 Å². The Kier molecular flexibility index (Phi) is 7.89. The van der Waals surface area contributed by atoms with Crippen molar-refractivity contribution < 1.29 is 13.6 Å². The molecule has 0 radical (unpaired) electrons. The van der Waals surface area contributed by atoms with Gasteiger partial charge < -0.3 is 10.2 Å². The number of amides is 2. The SMILES string of the molecule is CC(C)(C)C[C@@H]1CN(C(=O)Nc2ccc(C#N)cc2)[C@H](c2cccc(Cl)c2F)[C@@]1(C#N)c1ccc(Cl)cc1F. The quantitative estimate of drug-likeness (QED) is 0.345. The minimum atomic E-state index is -1.67. The van der Waals surface area contributed by atoms with Gasteiger partial charge in [0.05, 0.1) is 28.8 Å². The highest BCUT2D eigenvalue weighted by Gasteiger charge is 2.60. The summed E-state index contributed by atoms with van der Waals surface area (Å²) in [5.74, 6) is -2.08. The molecule has 0 spiro atoms. The fourth-order valence-electron chi connectivity index (χ4n) is 5.49. The first-order chi connectivity index (χ1) is 18.4. The van der Waals surface area contributed by atoms with E-state index in [1.165, 1.54) is 35.2 Å². The number of hydrogen-bond donors (Lipinski definition) is 1. The third kappa shape index (κ3) is 5.43. The second-order valence-electron chi connectivity index (χ2n) is 10.9. The summed E-state index contributed by atoms with van der Waals surface area (Å²) in [5.41, 5.74) is -1.13. The standard InChI is InChI=1S/C30H26Cl2F2N4O/c1-29(2,3)14-19-16-38(28(39)37-21-10-7-18(15-35)8-11-21)27(22-5-4-6-24(32)26(22)34)30(19,17-36)23-12-9-20(31)13-25(23)33/h4-13,19,27H,14,16H2,1-3H3,(H,37,39)/t19-,27-,30-/m1/s1. The zero-order chi connectivity index (χ0) is 28.5. The van der Waals surface area contributed by atoms with Gasteiger partial charge in [-0.2, -0.15) is 10.5 Å². The summed E-state index contributed by atoms with van der Waals surface area (Å²) < 4.78 is 31.3. The lowest BCUT2D eigenvalue weighted by molar-refractivity contribution is 0.198. The van der Waals surface area contributed by atoms with Gasteiger partial charge in [0.25, 0.3) is 0 Å². The molecule has 1 aliphatic heterocycles. The summed E-state index contributed by atoms with van der Waals surface area (Å²) in [6, 6.07) is 17.2. The van der Waals surface area contributed by atoms with Gasteiger partial charge in [-0.1, -0.05) is 62.2 Å². The molecule has 0 aromatic heterocycles. The van der Waals surface area contributed by atoms with Crippen LogP contribution < -0.4 is 5.32 Å². The maximum atomic E-state index is 15.7. The number of rotatable bonds is 4. The number of anilines is 1. The average Bonchev–Trinajstić information content (AvgIpc) is 3.19. The minimum Gasteiger partial charge on any atom is -0.315 e. The molecule has 3 atom stereocenters. The number of nitrogens with zero attached hydrogens (tertiary/aromatic N) is 3. The number of carbonyl (C=O) groups excluding carboxylic acids is 1. The van der Waals surface area contributed by atoms with Gasteiger partial charge >= 0.3 is 6.03 Å². The van der Waals surface area contributed by atoms with Crippen LogP contribution in [0.25, 0.3) is 0 Å². The molecule has 2 amide bonds. The van der Waals surface area contributed by atoms with E-state index in [9.17, 15) is 10.1 Å². The van der Waals surface area contributed by atoms with Gasteiger partial charge in [-0.3, -0.25) is 0 Å². The van der Waals surface area contributed by atoms with Crippen LogP contribution in [0, 0.1) is 45.6 Å². The molecule has 1 N–H and O–H groups in total. The highest BCUT2D eigenvalue weighted by Crippen LogP contribution is 2.56. The molecule has 1 fully saturated rings. The smallest absolute Gasteiger partial charge is 0.315 e. The summed E-state index contributed by atoms with van der Waals surface area (Å²) in [6.07, 6.45) is 0.432. The van der Waals surface area contributed by atoms with E-state index in [1.807, 2.05) is 26.8 Å². The van der Waals surface area contributed by atoms with Gasteiger partial charge in [-0.25, -0.2) is 13.6 Å². The number of hydrogen-bond acceptors (Lipinski definition) is 3. The van der Waals surface area contributed by atoms with Crippen LogP contribution in [0.5, 0.6) is 0 Å². The number of nitriles is 2. The summed E-state index contributed by atoms with van der Waals surface area (Å²) in [6.45, 7) is 6.01. The number of benzene rings is 3. The Hall–Kier alpha value is -3.65. The highest BCUT2D eigenvalue weighted by atomic mass is 35.5. The molecule has 0 bridgehead atoms. The van der Waals surface area contributed by atoms with Gasteiger partial charge in [-0.05, 0) is 54.3 Å². The lowest BCUT2D eigenvalue weighted by atomic mass is 9.63. The first-order valence-corrected chi connectivity index (χ1v) is 13.1. The van der Waals surface area contributed by atoms with Gasteiger partial charge in [0, 0.05) is 34.3 Å². The van der Waals surface area contributed by atoms with Crippen molar-refractivity contribution >= 4 is 34.9 Å². The van der Waals surface area contributed by atoms with Crippen LogP contribution in [0.2, 0.25) is 10.0 Å². The number of likely N-dealkylation sites (tertiary alicyclic amines) is 1. The zero-order valence-electron chi connectivity index (χ0n) is 21.6. The number of halogens is 4. The molecule has 0 saturated carbocycles. The van der Waals surface area contributed by atoms with Crippen molar-refractivity contribution in [2.24, 2.45) is 11.3 Å².